The maximum Gasteiger partial charge on any atom is 0.289 e. The molecule has 0 fully saturated rings. The van der Waals surface area contributed by atoms with Gasteiger partial charge in [-0.3, -0.25) is 10.5 Å². The molecule has 0 spiro atoms. The maximum atomic E-state index is 12.3. The van der Waals surface area contributed by atoms with Crippen molar-refractivity contribution in [3.05, 3.63) is 46.5 Å². The number of anilines is 2. The standard InChI is InChI=1S/C16H12ClN5OS/c1-9(15(23)21-13-5-3-2-4-12(13)17)24-16-11(8-19)6-10(7-18)14(20)22-16/h2-6,9H,1H3,(H2,20,22)(H,21,23)/p+1/t9-/m1/s1. The Morgan fingerprint density at radius 2 is 2.00 bits per heavy atom. The van der Waals surface area contributed by atoms with Crippen molar-refractivity contribution in [3.63, 3.8) is 0 Å². The summed E-state index contributed by atoms with van der Waals surface area (Å²) in [6.07, 6.45) is 0. The average molecular weight is 359 g/mol. The maximum absolute atomic E-state index is 12.3. The van der Waals surface area contributed by atoms with Crippen molar-refractivity contribution in [2.24, 2.45) is 0 Å². The lowest BCUT2D eigenvalue weighted by molar-refractivity contribution is -0.410. The van der Waals surface area contributed by atoms with E-state index in [4.69, 9.17) is 22.6 Å². The van der Waals surface area contributed by atoms with Crippen LogP contribution in [0.4, 0.5) is 11.5 Å². The highest BCUT2D eigenvalue weighted by atomic mass is 35.5. The lowest BCUT2D eigenvalue weighted by Crippen LogP contribution is -2.25. The van der Waals surface area contributed by atoms with Crippen LogP contribution in [0.3, 0.4) is 0 Å². The molecule has 1 atom stereocenters. The number of nitrogen functional groups attached to an aromatic ring is 1. The van der Waals surface area contributed by atoms with Crippen LogP contribution in [0.2, 0.25) is 5.02 Å². The Hall–Kier alpha value is -2.74. The Labute approximate surface area is 148 Å². The van der Waals surface area contributed by atoms with Crippen molar-refractivity contribution < 1.29 is 9.78 Å². The van der Waals surface area contributed by atoms with Crippen LogP contribution >= 0.6 is 23.4 Å². The molecule has 0 bridgehead atoms. The van der Waals surface area contributed by atoms with Gasteiger partial charge in [-0.2, -0.15) is 10.5 Å². The molecule has 120 valence electrons. The van der Waals surface area contributed by atoms with Crippen molar-refractivity contribution in [3.8, 4) is 12.1 Å². The van der Waals surface area contributed by atoms with E-state index in [0.717, 1.165) is 11.8 Å². The summed E-state index contributed by atoms with van der Waals surface area (Å²) in [5.41, 5.74) is 6.68. The minimum absolute atomic E-state index is 0.151. The van der Waals surface area contributed by atoms with Crippen LogP contribution in [0.25, 0.3) is 0 Å². The van der Waals surface area contributed by atoms with E-state index in [9.17, 15) is 10.1 Å². The Bertz CT molecular complexity index is 872. The van der Waals surface area contributed by atoms with Gasteiger partial charge >= 0.3 is 0 Å². The molecule has 0 aliphatic rings. The van der Waals surface area contributed by atoms with Crippen molar-refractivity contribution in [2.75, 3.05) is 11.1 Å². The first-order valence-corrected chi connectivity index (χ1v) is 8.10. The van der Waals surface area contributed by atoms with Crippen molar-refractivity contribution >= 4 is 40.8 Å². The molecule has 0 aliphatic heterocycles. The molecular formula is C16H13ClN5OS+. The lowest BCUT2D eigenvalue weighted by Gasteiger charge is -2.12. The molecule has 1 aromatic heterocycles. The van der Waals surface area contributed by atoms with Gasteiger partial charge in [-0.1, -0.05) is 35.5 Å². The lowest BCUT2D eigenvalue weighted by atomic mass is 10.2. The van der Waals surface area contributed by atoms with Gasteiger partial charge in [0, 0.05) is 0 Å². The number of H-pyrrole nitrogens is 1. The number of hydrogen-bond acceptors (Lipinski definition) is 5. The number of nitriles is 2. The molecule has 0 radical (unpaired) electrons. The normalized spacial score (nSPS) is 11.2. The highest BCUT2D eigenvalue weighted by Crippen LogP contribution is 2.26. The number of pyridine rings is 1. The zero-order valence-corrected chi connectivity index (χ0v) is 14.2. The number of aromatic amines is 1. The van der Waals surface area contributed by atoms with Gasteiger partial charge < -0.3 is 5.32 Å². The van der Waals surface area contributed by atoms with Gasteiger partial charge in [-0.25, -0.2) is 4.98 Å². The van der Waals surface area contributed by atoms with Gasteiger partial charge in [-0.15, -0.1) is 0 Å². The van der Waals surface area contributed by atoms with Crippen molar-refractivity contribution in [2.45, 2.75) is 17.2 Å². The van der Waals surface area contributed by atoms with E-state index >= 15 is 0 Å². The van der Waals surface area contributed by atoms with Crippen LogP contribution in [-0.2, 0) is 4.79 Å². The number of rotatable bonds is 4. The fourth-order valence-electron chi connectivity index (χ4n) is 1.84. The molecule has 0 aliphatic carbocycles. The molecule has 1 heterocycles. The van der Waals surface area contributed by atoms with Gasteiger partial charge in [0.1, 0.15) is 23.3 Å². The highest BCUT2D eigenvalue weighted by Gasteiger charge is 2.21. The molecule has 0 saturated carbocycles. The SMILES string of the molecule is C[C@@H](Sc1[nH+]c(N)c(C#N)cc1C#N)C(=O)Nc1ccccc1Cl. The second-order valence-corrected chi connectivity index (χ2v) is 6.55. The van der Waals surface area contributed by atoms with Gasteiger partial charge in [0.05, 0.1) is 16.0 Å². The Balaban J connectivity index is 2.18. The number of halogens is 1. The molecule has 0 saturated heterocycles. The third-order valence-corrected chi connectivity index (χ3v) is 4.56. The quantitative estimate of drug-likeness (QED) is 0.814. The number of para-hydroxylation sites is 1. The first-order valence-electron chi connectivity index (χ1n) is 6.84. The van der Waals surface area contributed by atoms with E-state index in [-0.39, 0.29) is 22.9 Å². The van der Waals surface area contributed by atoms with E-state index in [0.29, 0.717) is 15.7 Å². The number of carbonyl (C=O) groups is 1. The molecular weight excluding hydrogens is 346 g/mol. The van der Waals surface area contributed by atoms with E-state index in [1.54, 1.807) is 31.2 Å². The Kier molecular flexibility index (Phi) is 5.64. The minimum Gasteiger partial charge on any atom is -0.324 e. The summed E-state index contributed by atoms with van der Waals surface area (Å²) >= 11 is 7.16. The van der Waals surface area contributed by atoms with Crippen LogP contribution in [0.1, 0.15) is 18.1 Å². The Morgan fingerprint density at radius 3 is 2.62 bits per heavy atom. The smallest absolute Gasteiger partial charge is 0.289 e. The van der Waals surface area contributed by atoms with Gasteiger partial charge in [0.2, 0.25) is 5.91 Å². The molecule has 8 heteroatoms. The second-order valence-electron chi connectivity index (χ2n) is 4.79. The van der Waals surface area contributed by atoms with Crippen LogP contribution in [-0.4, -0.2) is 11.2 Å². The number of amides is 1. The molecule has 1 aromatic carbocycles. The predicted octanol–water partition coefficient (Wildman–Crippen LogP) is 2.60. The van der Waals surface area contributed by atoms with Crippen LogP contribution in [0, 0.1) is 22.7 Å². The minimum atomic E-state index is -0.517. The summed E-state index contributed by atoms with van der Waals surface area (Å²) < 4.78 is 0. The number of nitrogens with one attached hydrogen (secondary N) is 2. The number of hydrogen-bond donors (Lipinski definition) is 2. The van der Waals surface area contributed by atoms with Crippen LogP contribution in [0.5, 0.6) is 0 Å². The van der Waals surface area contributed by atoms with Crippen molar-refractivity contribution in [1.29, 1.82) is 10.5 Å². The van der Waals surface area contributed by atoms with E-state index in [1.807, 2.05) is 12.1 Å². The van der Waals surface area contributed by atoms with Crippen LogP contribution < -0.4 is 16.0 Å². The summed E-state index contributed by atoms with van der Waals surface area (Å²) in [6.45, 7) is 1.69. The van der Waals surface area contributed by atoms with Gasteiger partial charge in [-0.05, 0) is 25.1 Å². The van der Waals surface area contributed by atoms with E-state index in [2.05, 4.69) is 10.3 Å². The third-order valence-electron chi connectivity index (χ3n) is 3.11. The van der Waals surface area contributed by atoms with E-state index in [1.165, 1.54) is 6.07 Å². The number of thioether (sulfide) groups is 1. The van der Waals surface area contributed by atoms with Gasteiger partial charge in [0.15, 0.2) is 5.03 Å². The molecule has 2 rings (SSSR count). The fraction of sp³-hybridized carbons (Fsp3) is 0.125. The monoisotopic (exact) mass is 358 g/mol. The van der Waals surface area contributed by atoms with E-state index < -0.39 is 5.25 Å². The second kappa shape index (κ2) is 7.69. The predicted molar refractivity (Wildman–Crippen MR) is 92.2 cm³/mol. The molecule has 0 unspecified atom stereocenters. The molecule has 6 nitrogen and oxygen atoms in total. The summed E-state index contributed by atoms with van der Waals surface area (Å²) in [5.74, 6) is -0.119. The zero-order chi connectivity index (χ0) is 17.7. The molecule has 4 N–H and O–H groups in total. The van der Waals surface area contributed by atoms with Crippen molar-refractivity contribution in [1.82, 2.24) is 0 Å². The van der Waals surface area contributed by atoms with Crippen LogP contribution in [0.15, 0.2) is 35.4 Å². The fourth-order valence-corrected chi connectivity index (χ4v) is 2.94. The number of benzene rings is 1. The van der Waals surface area contributed by atoms with Gasteiger partial charge in [0.25, 0.3) is 5.82 Å². The molecule has 1 amide bonds. The molecule has 2 aromatic rings. The average Bonchev–Trinajstić information content (AvgIpc) is 2.57. The summed E-state index contributed by atoms with van der Waals surface area (Å²) in [6, 6.07) is 12.2. The Morgan fingerprint density at radius 1 is 1.33 bits per heavy atom. The third kappa shape index (κ3) is 3.96. The number of nitrogens with zero attached hydrogens (tertiary/aromatic N) is 2. The number of nitrogens with two attached hydrogens (primary N) is 1. The number of aromatic nitrogens is 1. The number of carbonyl (C=O) groups excluding carboxylic acids is 1. The summed E-state index contributed by atoms with van der Waals surface area (Å²) in [5, 5.41) is 21.2. The summed E-state index contributed by atoms with van der Waals surface area (Å²) in [7, 11) is 0. The topological polar surface area (TPSA) is 117 Å². The first kappa shape index (κ1) is 17.6. The highest BCUT2D eigenvalue weighted by molar-refractivity contribution is 8.00. The molecule has 24 heavy (non-hydrogen) atoms. The zero-order valence-electron chi connectivity index (χ0n) is 12.6. The first-order chi connectivity index (χ1) is 11.5. The summed E-state index contributed by atoms with van der Waals surface area (Å²) in [4.78, 5) is 15.1. The largest absolute Gasteiger partial charge is 0.324 e.